The molecule has 0 aliphatic rings. The van der Waals surface area contributed by atoms with Crippen LogP contribution in [0.2, 0.25) is 10.0 Å². The highest BCUT2D eigenvalue weighted by Gasteiger charge is 2.24. The Labute approximate surface area is 226 Å². The zero-order chi connectivity index (χ0) is 26.4. The van der Waals surface area contributed by atoms with Crippen molar-refractivity contribution in [1.29, 1.82) is 5.26 Å². The third-order valence-electron chi connectivity index (χ3n) is 6.00. The molecule has 1 amide bonds. The van der Waals surface area contributed by atoms with Crippen LogP contribution in [-0.4, -0.2) is 29.3 Å². The second kappa shape index (κ2) is 12.0. The number of carbonyl (C=O) groups excluding carboxylic acids is 1. The minimum absolute atomic E-state index is 0.143. The third-order valence-corrected chi connectivity index (χ3v) is 6.74. The highest BCUT2D eigenvalue weighted by molar-refractivity contribution is 6.42. The molecule has 0 fully saturated rings. The van der Waals surface area contributed by atoms with Gasteiger partial charge < -0.3 is 10.1 Å². The normalized spacial score (nSPS) is 11.5. The lowest BCUT2D eigenvalue weighted by atomic mass is 9.92. The number of benzene rings is 3. The Morgan fingerprint density at radius 3 is 2.54 bits per heavy atom. The maximum Gasteiger partial charge on any atom is 0.227 e. The van der Waals surface area contributed by atoms with Gasteiger partial charge in [-0.3, -0.25) is 4.79 Å². The first kappa shape index (κ1) is 26.3. The summed E-state index contributed by atoms with van der Waals surface area (Å²) in [6.07, 6.45) is 0.624. The van der Waals surface area contributed by atoms with Crippen LogP contribution in [0.25, 0.3) is 16.9 Å². The van der Waals surface area contributed by atoms with E-state index < -0.39 is 5.92 Å². The van der Waals surface area contributed by atoms with Gasteiger partial charge in [-0.1, -0.05) is 59.1 Å². The Morgan fingerprint density at radius 2 is 1.86 bits per heavy atom. The molecule has 37 heavy (non-hydrogen) atoms. The molecule has 8 heteroatoms. The van der Waals surface area contributed by atoms with Crippen molar-refractivity contribution >= 4 is 29.1 Å². The fourth-order valence-electron chi connectivity index (χ4n) is 4.13. The summed E-state index contributed by atoms with van der Waals surface area (Å²) in [7, 11) is 1.62. The SMILES string of the molecule is COc1ccc(-n2nc(CC(C(=O)NCCC#N)c3cccc(C)c3)cc2-c2ccc(Cl)c(Cl)c2)cc1. The number of aromatic nitrogens is 2. The molecule has 0 saturated heterocycles. The summed E-state index contributed by atoms with van der Waals surface area (Å²) in [5.41, 5.74) is 5.18. The van der Waals surface area contributed by atoms with Crippen LogP contribution >= 0.6 is 23.2 Å². The van der Waals surface area contributed by atoms with Gasteiger partial charge in [-0.2, -0.15) is 10.4 Å². The van der Waals surface area contributed by atoms with Crippen molar-refractivity contribution in [3.8, 4) is 28.8 Å². The zero-order valence-corrected chi connectivity index (χ0v) is 22.1. The van der Waals surface area contributed by atoms with Crippen molar-refractivity contribution in [2.75, 3.05) is 13.7 Å². The molecular formula is C29H26Cl2N4O2. The number of rotatable bonds is 9. The van der Waals surface area contributed by atoms with Gasteiger partial charge in [-0.05, 0) is 55.0 Å². The van der Waals surface area contributed by atoms with Gasteiger partial charge in [0.1, 0.15) is 5.75 Å². The van der Waals surface area contributed by atoms with Crippen molar-refractivity contribution < 1.29 is 9.53 Å². The Hall–Kier alpha value is -3.79. The van der Waals surface area contributed by atoms with Crippen LogP contribution < -0.4 is 10.1 Å². The van der Waals surface area contributed by atoms with E-state index in [1.165, 1.54) is 0 Å². The second-order valence-corrected chi connectivity index (χ2v) is 9.44. The van der Waals surface area contributed by atoms with Crippen molar-refractivity contribution in [3.63, 3.8) is 0 Å². The largest absolute Gasteiger partial charge is 0.497 e. The summed E-state index contributed by atoms with van der Waals surface area (Å²) in [6, 6.07) is 24.9. The van der Waals surface area contributed by atoms with E-state index in [1.807, 2.05) is 72.3 Å². The summed E-state index contributed by atoms with van der Waals surface area (Å²) in [5, 5.41) is 17.6. The Kier molecular flexibility index (Phi) is 8.50. The van der Waals surface area contributed by atoms with E-state index in [4.69, 9.17) is 38.3 Å². The van der Waals surface area contributed by atoms with Crippen molar-refractivity contribution in [1.82, 2.24) is 15.1 Å². The molecule has 4 aromatic rings. The number of hydrogen-bond acceptors (Lipinski definition) is 4. The van der Waals surface area contributed by atoms with Gasteiger partial charge in [0.25, 0.3) is 0 Å². The molecule has 0 radical (unpaired) electrons. The van der Waals surface area contributed by atoms with Crippen molar-refractivity contribution in [2.45, 2.75) is 25.7 Å². The van der Waals surface area contributed by atoms with Crippen LogP contribution in [0.5, 0.6) is 5.75 Å². The molecule has 0 bridgehead atoms. The third kappa shape index (κ3) is 6.32. The number of aryl methyl sites for hydroxylation is 1. The van der Waals surface area contributed by atoms with Crippen LogP contribution in [0.15, 0.2) is 72.8 Å². The molecule has 1 heterocycles. The fourth-order valence-corrected chi connectivity index (χ4v) is 4.43. The smallest absolute Gasteiger partial charge is 0.227 e. The minimum atomic E-state index is -0.473. The van der Waals surface area contributed by atoms with E-state index in [1.54, 1.807) is 19.2 Å². The molecular weight excluding hydrogens is 507 g/mol. The lowest BCUT2D eigenvalue weighted by Gasteiger charge is -2.16. The molecule has 1 N–H and O–H groups in total. The lowest BCUT2D eigenvalue weighted by Crippen LogP contribution is -2.31. The number of methoxy groups -OCH3 is 1. The first-order valence-corrected chi connectivity index (χ1v) is 12.5. The number of carbonyl (C=O) groups is 1. The van der Waals surface area contributed by atoms with Gasteiger partial charge in [0.2, 0.25) is 5.91 Å². The molecule has 1 unspecified atom stereocenters. The molecule has 0 aliphatic carbocycles. The highest BCUT2D eigenvalue weighted by Crippen LogP contribution is 2.32. The average molecular weight is 533 g/mol. The van der Waals surface area contributed by atoms with E-state index >= 15 is 0 Å². The van der Waals surface area contributed by atoms with Crippen molar-refractivity contribution in [3.05, 3.63) is 99.7 Å². The van der Waals surface area contributed by atoms with Crippen molar-refractivity contribution in [2.24, 2.45) is 0 Å². The van der Waals surface area contributed by atoms with E-state index in [9.17, 15) is 4.79 Å². The summed E-state index contributed by atoms with van der Waals surface area (Å²) in [6.45, 7) is 2.29. The highest BCUT2D eigenvalue weighted by atomic mass is 35.5. The molecule has 6 nitrogen and oxygen atoms in total. The Morgan fingerprint density at radius 1 is 1.08 bits per heavy atom. The van der Waals surface area contributed by atoms with E-state index in [0.717, 1.165) is 39.5 Å². The van der Waals surface area contributed by atoms with Crippen LogP contribution in [0.1, 0.15) is 29.2 Å². The summed E-state index contributed by atoms with van der Waals surface area (Å²) >= 11 is 12.5. The maximum absolute atomic E-state index is 13.2. The molecule has 0 saturated carbocycles. The first-order valence-electron chi connectivity index (χ1n) is 11.8. The molecule has 0 spiro atoms. The van der Waals surface area contributed by atoms with E-state index in [2.05, 4.69) is 11.4 Å². The van der Waals surface area contributed by atoms with Crippen LogP contribution in [0, 0.1) is 18.3 Å². The Balaban J connectivity index is 1.76. The predicted octanol–water partition coefficient (Wildman–Crippen LogP) is 6.52. The van der Waals surface area contributed by atoms with Crippen LogP contribution in [0.3, 0.4) is 0 Å². The van der Waals surface area contributed by atoms with Gasteiger partial charge in [-0.25, -0.2) is 4.68 Å². The number of hydrogen-bond donors (Lipinski definition) is 1. The maximum atomic E-state index is 13.2. The standard InChI is InChI=1S/C29H26Cl2N4O2/c1-19-5-3-6-20(15-19)25(29(36)33-14-4-13-32)17-22-18-28(21-7-12-26(30)27(31)16-21)35(34-22)23-8-10-24(37-2)11-9-23/h3,5-12,15-16,18,25H,4,14,17H2,1-2H3,(H,33,36). The number of halogens is 2. The summed E-state index contributed by atoms with van der Waals surface area (Å²) < 4.78 is 7.13. The predicted molar refractivity (Wildman–Crippen MR) is 146 cm³/mol. The van der Waals surface area contributed by atoms with Gasteiger partial charge in [0.15, 0.2) is 0 Å². The quantitative estimate of drug-likeness (QED) is 0.249. The number of nitriles is 1. The number of nitrogens with zero attached hydrogens (tertiary/aromatic N) is 3. The van der Waals surface area contributed by atoms with Gasteiger partial charge in [-0.15, -0.1) is 0 Å². The minimum Gasteiger partial charge on any atom is -0.497 e. The first-order chi connectivity index (χ1) is 17.9. The molecule has 1 atom stereocenters. The molecule has 188 valence electrons. The molecule has 4 rings (SSSR count). The zero-order valence-electron chi connectivity index (χ0n) is 20.5. The lowest BCUT2D eigenvalue weighted by molar-refractivity contribution is -0.122. The van der Waals surface area contributed by atoms with Crippen LogP contribution in [0.4, 0.5) is 0 Å². The van der Waals surface area contributed by atoms with Gasteiger partial charge in [0.05, 0.1) is 52.6 Å². The summed E-state index contributed by atoms with van der Waals surface area (Å²) in [5.74, 6) is 0.121. The molecule has 0 aliphatic heterocycles. The van der Waals surface area contributed by atoms with Gasteiger partial charge >= 0.3 is 0 Å². The average Bonchev–Trinajstić information content (AvgIpc) is 3.33. The van der Waals surface area contributed by atoms with Gasteiger partial charge in [0, 0.05) is 18.5 Å². The topological polar surface area (TPSA) is 79.9 Å². The number of ether oxygens (including phenoxy) is 1. The number of amides is 1. The molecule has 3 aromatic carbocycles. The van der Waals surface area contributed by atoms with E-state index in [-0.39, 0.29) is 12.3 Å². The van der Waals surface area contributed by atoms with Crippen LogP contribution in [-0.2, 0) is 11.2 Å². The van der Waals surface area contributed by atoms with E-state index in [0.29, 0.717) is 23.0 Å². The summed E-state index contributed by atoms with van der Waals surface area (Å²) in [4.78, 5) is 13.2. The monoisotopic (exact) mass is 532 g/mol. The second-order valence-electron chi connectivity index (χ2n) is 8.63. The fraction of sp³-hybridized carbons (Fsp3) is 0.207. The molecule has 1 aromatic heterocycles. The number of nitrogens with one attached hydrogen (secondary N) is 1. The Bertz CT molecular complexity index is 1440.